The molecule has 5 nitrogen and oxygen atoms in total. The standard InChI is InChI=1S/C4H5N5/c1-3-4(6-2-5-1)8-9-7-3/h2H,1H2,(H2,5,6,7,8,9). The van der Waals surface area contributed by atoms with Crippen LogP contribution in [0.2, 0.25) is 0 Å². The summed E-state index contributed by atoms with van der Waals surface area (Å²) < 4.78 is 0. The van der Waals surface area contributed by atoms with Crippen LogP contribution in [0.25, 0.3) is 0 Å². The number of nitrogens with zero attached hydrogens (tertiary/aromatic N) is 3. The van der Waals surface area contributed by atoms with Crippen LogP contribution in [-0.2, 0) is 6.54 Å². The fourth-order valence-electron chi connectivity index (χ4n) is 0.720. The van der Waals surface area contributed by atoms with Crippen LogP contribution >= 0.6 is 0 Å². The van der Waals surface area contributed by atoms with Gasteiger partial charge in [0.05, 0.1) is 12.9 Å². The monoisotopic (exact) mass is 123 g/mol. The molecule has 0 amide bonds. The van der Waals surface area contributed by atoms with Gasteiger partial charge in [0.15, 0.2) is 5.82 Å². The topological polar surface area (TPSA) is 66.0 Å². The van der Waals surface area contributed by atoms with Crippen molar-refractivity contribution in [3.8, 4) is 0 Å². The van der Waals surface area contributed by atoms with Crippen LogP contribution in [0.15, 0.2) is 4.99 Å². The van der Waals surface area contributed by atoms with E-state index in [0.29, 0.717) is 0 Å². The maximum absolute atomic E-state index is 3.94. The van der Waals surface area contributed by atoms with Crippen molar-refractivity contribution in [2.24, 2.45) is 4.99 Å². The molecular formula is C4H5N5. The molecule has 0 aliphatic carbocycles. The lowest BCUT2D eigenvalue weighted by atomic mass is 10.4. The summed E-state index contributed by atoms with van der Waals surface area (Å²) >= 11 is 0. The smallest absolute Gasteiger partial charge is 0.174 e. The van der Waals surface area contributed by atoms with Gasteiger partial charge in [0.25, 0.3) is 0 Å². The zero-order chi connectivity index (χ0) is 6.10. The second-order valence-corrected chi connectivity index (χ2v) is 1.75. The molecule has 1 aromatic rings. The van der Waals surface area contributed by atoms with Crippen molar-refractivity contribution in [3.05, 3.63) is 5.69 Å². The summed E-state index contributed by atoms with van der Waals surface area (Å²) in [5, 5.41) is 12.9. The van der Waals surface area contributed by atoms with E-state index in [1.54, 1.807) is 6.34 Å². The molecule has 0 saturated heterocycles. The molecule has 0 radical (unpaired) electrons. The number of rotatable bonds is 0. The fourth-order valence-corrected chi connectivity index (χ4v) is 0.720. The summed E-state index contributed by atoms with van der Waals surface area (Å²) in [6.07, 6.45) is 1.63. The maximum atomic E-state index is 3.94. The van der Waals surface area contributed by atoms with Crippen LogP contribution in [-0.4, -0.2) is 21.7 Å². The number of nitrogens with one attached hydrogen (secondary N) is 2. The molecule has 2 rings (SSSR count). The van der Waals surface area contributed by atoms with E-state index in [-0.39, 0.29) is 0 Å². The molecule has 5 heteroatoms. The first kappa shape index (κ1) is 4.49. The van der Waals surface area contributed by atoms with E-state index in [2.05, 4.69) is 25.7 Å². The number of H-pyrrole nitrogens is 1. The number of aliphatic imine (C=N–C) groups is 1. The molecular weight excluding hydrogens is 118 g/mol. The van der Waals surface area contributed by atoms with Crippen molar-refractivity contribution in [3.63, 3.8) is 0 Å². The molecule has 0 saturated carbocycles. The molecule has 9 heavy (non-hydrogen) atoms. The van der Waals surface area contributed by atoms with Crippen molar-refractivity contribution in [2.45, 2.75) is 6.54 Å². The summed E-state index contributed by atoms with van der Waals surface area (Å²) in [6, 6.07) is 0. The van der Waals surface area contributed by atoms with Crippen LogP contribution < -0.4 is 5.32 Å². The Morgan fingerprint density at radius 3 is 3.44 bits per heavy atom. The van der Waals surface area contributed by atoms with E-state index < -0.39 is 0 Å². The Hall–Kier alpha value is -1.39. The van der Waals surface area contributed by atoms with Crippen LogP contribution in [0.3, 0.4) is 0 Å². The highest BCUT2D eigenvalue weighted by atomic mass is 15.4. The summed E-state index contributed by atoms with van der Waals surface area (Å²) in [6.45, 7) is 0.718. The Morgan fingerprint density at radius 2 is 2.56 bits per heavy atom. The third-order valence-electron chi connectivity index (χ3n) is 1.15. The average molecular weight is 123 g/mol. The normalized spacial score (nSPS) is 14.7. The second kappa shape index (κ2) is 1.54. The van der Waals surface area contributed by atoms with Gasteiger partial charge in [-0.25, -0.2) is 10.1 Å². The van der Waals surface area contributed by atoms with Gasteiger partial charge < -0.3 is 5.32 Å². The van der Waals surface area contributed by atoms with E-state index in [4.69, 9.17) is 0 Å². The third-order valence-corrected chi connectivity index (χ3v) is 1.15. The van der Waals surface area contributed by atoms with Crippen molar-refractivity contribution >= 4 is 12.2 Å². The average Bonchev–Trinajstić information content (AvgIpc) is 2.33. The molecule has 0 fully saturated rings. The first-order valence-corrected chi connectivity index (χ1v) is 2.62. The molecule has 0 unspecified atom stereocenters. The van der Waals surface area contributed by atoms with Gasteiger partial charge in [-0.2, -0.15) is 0 Å². The second-order valence-electron chi connectivity index (χ2n) is 1.75. The molecule has 0 bridgehead atoms. The molecule has 2 heterocycles. The van der Waals surface area contributed by atoms with E-state index in [1.165, 1.54) is 0 Å². The number of fused-ring (bicyclic) bond motifs is 1. The lowest BCUT2D eigenvalue weighted by Gasteiger charge is -2.01. The van der Waals surface area contributed by atoms with Crippen molar-refractivity contribution in [2.75, 3.05) is 0 Å². The van der Waals surface area contributed by atoms with E-state index in [9.17, 15) is 0 Å². The Morgan fingerprint density at radius 1 is 1.56 bits per heavy atom. The highest BCUT2D eigenvalue weighted by Gasteiger charge is 2.06. The molecule has 1 aliphatic heterocycles. The highest BCUT2D eigenvalue weighted by molar-refractivity contribution is 5.62. The summed E-state index contributed by atoms with van der Waals surface area (Å²) in [7, 11) is 0. The van der Waals surface area contributed by atoms with Crippen LogP contribution in [0.5, 0.6) is 0 Å². The minimum atomic E-state index is 0.718. The number of hydrogen-bond donors (Lipinski definition) is 2. The van der Waals surface area contributed by atoms with Gasteiger partial charge in [-0.15, -0.1) is 5.10 Å². The quantitative estimate of drug-likeness (QED) is 0.491. The highest BCUT2D eigenvalue weighted by Crippen LogP contribution is 2.12. The maximum Gasteiger partial charge on any atom is 0.174 e. The van der Waals surface area contributed by atoms with Gasteiger partial charge in [0, 0.05) is 0 Å². The predicted octanol–water partition coefficient (Wildman–Crippen LogP) is -0.432. The summed E-state index contributed by atoms with van der Waals surface area (Å²) in [5.41, 5.74) is 0.873. The van der Waals surface area contributed by atoms with Crippen molar-refractivity contribution in [1.82, 2.24) is 20.7 Å². The molecule has 1 aromatic heterocycles. The van der Waals surface area contributed by atoms with Gasteiger partial charge in [0.2, 0.25) is 0 Å². The zero-order valence-electron chi connectivity index (χ0n) is 4.63. The first-order valence-electron chi connectivity index (χ1n) is 2.62. The molecule has 46 valence electrons. The van der Waals surface area contributed by atoms with Crippen LogP contribution in [0.1, 0.15) is 5.69 Å². The first-order chi connectivity index (χ1) is 4.47. The SMILES string of the molecule is C1=Nc2[nH]nnc2CN1. The summed E-state index contributed by atoms with van der Waals surface area (Å²) in [5.74, 6) is 0.758. The molecule has 0 atom stereocenters. The number of aromatic nitrogens is 3. The largest absolute Gasteiger partial charge is 0.370 e. The Balaban J connectivity index is 2.53. The van der Waals surface area contributed by atoms with E-state index in [0.717, 1.165) is 18.1 Å². The predicted molar refractivity (Wildman–Crippen MR) is 31.4 cm³/mol. The van der Waals surface area contributed by atoms with Gasteiger partial charge >= 0.3 is 0 Å². The molecule has 2 N–H and O–H groups in total. The zero-order valence-corrected chi connectivity index (χ0v) is 4.63. The van der Waals surface area contributed by atoms with Gasteiger partial charge in [-0.05, 0) is 0 Å². The number of hydrogen-bond acceptors (Lipinski definition) is 4. The van der Waals surface area contributed by atoms with Crippen molar-refractivity contribution < 1.29 is 0 Å². The summed E-state index contributed by atoms with van der Waals surface area (Å²) in [4.78, 5) is 3.94. The van der Waals surface area contributed by atoms with E-state index in [1.807, 2.05) is 0 Å². The Kier molecular flexibility index (Phi) is 0.769. The van der Waals surface area contributed by atoms with Gasteiger partial charge in [0.1, 0.15) is 5.69 Å². The Labute approximate surface area is 51.2 Å². The minimum Gasteiger partial charge on any atom is -0.370 e. The third kappa shape index (κ3) is 0.576. The fraction of sp³-hybridized carbons (Fsp3) is 0.250. The van der Waals surface area contributed by atoms with E-state index >= 15 is 0 Å². The minimum absolute atomic E-state index is 0.718. The molecule has 0 spiro atoms. The molecule has 0 aromatic carbocycles. The van der Waals surface area contributed by atoms with Crippen LogP contribution in [0, 0.1) is 0 Å². The molecule has 1 aliphatic rings. The lowest BCUT2D eigenvalue weighted by molar-refractivity contribution is 0.850. The lowest BCUT2D eigenvalue weighted by Crippen LogP contribution is -2.13. The van der Waals surface area contributed by atoms with Gasteiger partial charge in [-0.3, -0.25) is 0 Å². The number of aromatic amines is 1. The Bertz CT molecular complexity index is 237. The van der Waals surface area contributed by atoms with Crippen molar-refractivity contribution in [1.29, 1.82) is 0 Å². The van der Waals surface area contributed by atoms with Crippen LogP contribution in [0.4, 0.5) is 5.82 Å². The van der Waals surface area contributed by atoms with Gasteiger partial charge in [-0.1, -0.05) is 5.21 Å².